The summed E-state index contributed by atoms with van der Waals surface area (Å²) in [6.07, 6.45) is 5.43. The zero-order chi connectivity index (χ0) is 26.8. The van der Waals surface area contributed by atoms with E-state index in [0.717, 1.165) is 38.5 Å². The van der Waals surface area contributed by atoms with Gasteiger partial charge in [-0.1, -0.05) is 27.7 Å². The van der Waals surface area contributed by atoms with E-state index in [1.165, 1.54) is 0 Å². The van der Waals surface area contributed by atoms with Crippen LogP contribution in [0.5, 0.6) is 0 Å². The van der Waals surface area contributed by atoms with Gasteiger partial charge in [0.25, 0.3) is 0 Å². The molecule has 0 saturated carbocycles. The van der Waals surface area contributed by atoms with Crippen molar-refractivity contribution < 1.29 is 31.3 Å². The number of hydrogen-bond acceptors (Lipinski definition) is 7. The van der Waals surface area contributed by atoms with E-state index < -0.39 is 17.6 Å². The van der Waals surface area contributed by atoms with Gasteiger partial charge < -0.3 is 31.3 Å². The van der Waals surface area contributed by atoms with Crippen LogP contribution in [0.1, 0.15) is 108 Å². The van der Waals surface area contributed by atoms with Gasteiger partial charge in [-0.2, -0.15) is 0 Å². The standard InChI is InChI=1S/C26H58O7Si2/c1-11-25(12-2,34(28-15-5,29-16-6)30-17-7)21-23-27-24-22-26(13-3,14-4)35(31-18-8,32-19-9)33-20-10/h11-24H2,1-10H3. The molecular weight excluding hydrogens is 480 g/mol. The molecule has 0 bridgehead atoms. The van der Waals surface area contributed by atoms with Gasteiger partial charge in [0.15, 0.2) is 0 Å². The van der Waals surface area contributed by atoms with Crippen LogP contribution in [0.15, 0.2) is 0 Å². The van der Waals surface area contributed by atoms with Gasteiger partial charge >= 0.3 is 17.6 Å². The highest BCUT2D eigenvalue weighted by Gasteiger charge is 2.60. The Balaban J connectivity index is 5.60. The van der Waals surface area contributed by atoms with Crippen molar-refractivity contribution in [2.45, 2.75) is 118 Å². The molecule has 0 fully saturated rings. The zero-order valence-electron chi connectivity index (χ0n) is 24.8. The average Bonchev–Trinajstić information content (AvgIpc) is 2.85. The Morgan fingerprint density at radius 2 is 0.629 bits per heavy atom. The first-order valence-corrected chi connectivity index (χ1v) is 17.7. The molecular formula is C26H58O7Si2. The Hall–Kier alpha value is 0.154. The van der Waals surface area contributed by atoms with E-state index in [9.17, 15) is 0 Å². The minimum atomic E-state index is -2.88. The lowest BCUT2D eigenvalue weighted by molar-refractivity contribution is 0.0191. The fraction of sp³-hybridized carbons (Fsp3) is 1.00. The summed E-state index contributed by atoms with van der Waals surface area (Å²) in [5.74, 6) is 0. The third kappa shape index (κ3) is 8.58. The van der Waals surface area contributed by atoms with Gasteiger partial charge in [0.1, 0.15) is 0 Å². The second kappa shape index (κ2) is 18.4. The summed E-state index contributed by atoms with van der Waals surface area (Å²) in [5, 5.41) is -0.329. The van der Waals surface area contributed by atoms with Crippen molar-refractivity contribution in [1.29, 1.82) is 0 Å². The van der Waals surface area contributed by atoms with Crippen LogP contribution in [0.3, 0.4) is 0 Å². The van der Waals surface area contributed by atoms with Crippen molar-refractivity contribution in [2.75, 3.05) is 52.9 Å². The minimum Gasteiger partial charge on any atom is -0.381 e. The SMILES string of the molecule is CCO[Si](OCC)(OCC)C(CC)(CC)CCOCCC(CC)(CC)[Si](OCC)(OCC)OCC. The van der Waals surface area contributed by atoms with Gasteiger partial charge in [0.05, 0.1) is 0 Å². The van der Waals surface area contributed by atoms with Gasteiger partial charge in [-0.05, 0) is 80.1 Å². The van der Waals surface area contributed by atoms with Crippen LogP contribution in [-0.2, 0) is 31.3 Å². The van der Waals surface area contributed by atoms with E-state index in [0.29, 0.717) is 52.9 Å². The lowest BCUT2D eigenvalue weighted by atomic mass is 9.97. The molecule has 0 spiro atoms. The second-order valence-corrected chi connectivity index (χ2v) is 14.9. The highest BCUT2D eigenvalue weighted by molar-refractivity contribution is 6.64. The molecule has 0 aliphatic carbocycles. The van der Waals surface area contributed by atoms with Gasteiger partial charge in [-0.15, -0.1) is 0 Å². The summed E-state index contributed by atoms with van der Waals surface area (Å²) in [6, 6.07) is 0. The molecule has 0 radical (unpaired) electrons. The first-order valence-electron chi connectivity index (χ1n) is 14.2. The Kier molecular flexibility index (Phi) is 18.5. The number of hydrogen-bond donors (Lipinski definition) is 0. The topological polar surface area (TPSA) is 64.6 Å². The molecule has 9 heteroatoms. The first-order chi connectivity index (χ1) is 16.8. The Labute approximate surface area is 219 Å². The summed E-state index contributed by atoms with van der Waals surface area (Å²) in [5.41, 5.74) is 0. The maximum atomic E-state index is 6.32. The van der Waals surface area contributed by atoms with Crippen molar-refractivity contribution in [1.82, 2.24) is 0 Å². The van der Waals surface area contributed by atoms with E-state index in [1.54, 1.807) is 0 Å². The molecule has 0 aliphatic rings. The summed E-state index contributed by atoms with van der Waals surface area (Å²) >= 11 is 0. The molecule has 0 amide bonds. The fourth-order valence-electron chi connectivity index (χ4n) is 5.33. The Bertz CT molecular complexity index is 436. The molecule has 0 aromatic heterocycles. The third-order valence-corrected chi connectivity index (χ3v) is 16.0. The number of rotatable bonds is 24. The van der Waals surface area contributed by atoms with Crippen LogP contribution >= 0.6 is 0 Å². The van der Waals surface area contributed by atoms with E-state index in [1.807, 2.05) is 41.5 Å². The minimum absolute atomic E-state index is 0.165. The maximum absolute atomic E-state index is 6.32. The molecule has 0 unspecified atom stereocenters. The van der Waals surface area contributed by atoms with Crippen molar-refractivity contribution in [2.24, 2.45) is 0 Å². The Morgan fingerprint density at radius 1 is 0.400 bits per heavy atom. The molecule has 35 heavy (non-hydrogen) atoms. The van der Waals surface area contributed by atoms with Crippen LogP contribution < -0.4 is 0 Å². The second-order valence-electron chi connectivity index (χ2n) is 8.80. The molecule has 212 valence electrons. The Morgan fingerprint density at radius 3 is 0.800 bits per heavy atom. The fourth-order valence-corrected chi connectivity index (χ4v) is 12.5. The smallest absolute Gasteiger partial charge is 0.381 e. The van der Waals surface area contributed by atoms with Gasteiger partial charge in [-0.3, -0.25) is 0 Å². The van der Waals surface area contributed by atoms with Crippen molar-refractivity contribution >= 4 is 17.6 Å². The van der Waals surface area contributed by atoms with E-state index in [2.05, 4.69) is 27.7 Å². The summed E-state index contributed by atoms with van der Waals surface area (Å²) < 4.78 is 44.3. The summed E-state index contributed by atoms with van der Waals surface area (Å²) in [4.78, 5) is 0. The van der Waals surface area contributed by atoms with Crippen molar-refractivity contribution in [3.05, 3.63) is 0 Å². The highest BCUT2D eigenvalue weighted by Crippen LogP contribution is 2.51. The molecule has 0 rings (SSSR count). The molecule has 0 saturated heterocycles. The number of ether oxygens (including phenoxy) is 1. The molecule has 0 N–H and O–H groups in total. The van der Waals surface area contributed by atoms with Crippen LogP contribution in [-0.4, -0.2) is 70.5 Å². The third-order valence-electron chi connectivity index (χ3n) is 7.46. The normalized spacial score (nSPS) is 13.5. The summed E-state index contributed by atoms with van der Waals surface area (Å²) in [6.45, 7) is 25.8. The highest BCUT2D eigenvalue weighted by atomic mass is 28.4. The van der Waals surface area contributed by atoms with Gasteiger partial charge in [0, 0.05) is 62.9 Å². The van der Waals surface area contributed by atoms with Crippen molar-refractivity contribution in [3.8, 4) is 0 Å². The van der Waals surface area contributed by atoms with Crippen LogP contribution in [0.4, 0.5) is 0 Å². The predicted octanol–water partition coefficient (Wildman–Crippen LogP) is 7.00. The molecule has 7 nitrogen and oxygen atoms in total. The van der Waals surface area contributed by atoms with Crippen LogP contribution in [0, 0.1) is 0 Å². The van der Waals surface area contributed by atoms with Crippen molar-refractivity contribution in [3.63, 3.8) is 0 Å². The lowest BCUT2D eigenvalue weighted by Crippen LogP contribution is -2.57. The predicted molar refractivity (Wildman–Crippen MR) is 148 cm³/mol. The quantitative estimate of drug-likeness (QED) is 0.0968. The van der Waals surface area contributed by atoms with Crippen LogP contribution in [0.2, 0.25) is 10.1 Å². The first kappa shape index (κ1) is 35.2. The van der Waals surface area contributed by atoms with Gasteiger partial charge in [0.2, 0.25) is 0 Å². The maximum Gasteiger partial charge on any atom is 0.507 e. The lowest BCUT2D eigenvalue weighted by Gasteiger charge is -2.45. The monoisotopic (exact) mass is 538 g/mol. The largest absolute Gasteiger partial charge is 0.507 e. The molecule has 0 aromatic rings. The average molecular weight is 539 g/mol. The van der Waals surface area contributed by atoms with Crippen LogP contribution in [0.25, 0.3) is 0 Å². The molecule has 0 heterocycles. The van der Waals surface area contributed by atoms with E-state index >= 15 is 0 Å². The summed E-state index contributed by atoms with van der Waals surface area (Å²) in [7, 11) is -5.76. The molecule has 0 aliphatic heterocycles. The molecule has 0 aromatic carbocycles. The zero-order valence-corrected chi connectivity index (χ0v) is 26.8. The van der Waals surface area contributed by atoms with E-state index in [-0.39, 0.29) is 10.1 Å². The molecule has 0 atom stereocenters. The van der Waals surface area contributed by atoms with E-state index in [4.69, 9.17) is 31.3 Å². The van der Waals surface area contributed by atoms with Gasteiger partial charge in [-0.25, -0.2) is 0 Å².